The highest BCUT2D eigenvalue weighted by Crippen LogP contribution is 2.07. The minimum Gasteiger partial charge on any atom is -0.449 e. The second kappa shape index (κ2) is 7.62. The van der Waals surface area contributed by atoms with Gasteiger partial charge in [0, 0.05) is 39.1 Å². The number of piperazine rings is 1. The van der Waals surface area contributed by atoms with Gasteiger partial charge in [-0.1, -0.05) is 0 Å². The number of oxazole rings is 1. The summed E-state index contributed by atoms with van der Waals surface area (Å²) in [6.07, 6.45) is 4.85. The quantitative estimate of drug-likeness (QED) is 0.733. The van der Waals surface area contributed by atoms with Gasteiger partial charge in [-0.05, 0) is 33.5 Å². The Morgan fingerprint density at radius 1 is 1.26 bits per heavy atom. The smallest absolute Gasteiger partial charge is 0.195 e. The van der Waals surface area contributed by atoms with Gasteiger partial charge in [-0.2, -0.15) is 0 Å². The highest BCUT2D eigenvalue weighted by atomic mass is 16.3. The Kier molecular flexibility index (Phi) is 5.82. The zero-order chi connectivity index (χ0) is 13.5. The number of rotatable bonds is 7. The molecule has 0 amide bonds. The predicted molar refractivity (Wildman–Crippen MR) is 76.4 cm³/mol. The van der Waals surface area contributed by atoms with E-state index in [-0.39, 0.29) is 0 Å². The van der Waals surface area contributed by atoms with E-state index in [0.29, 0.717) is 0 Å². The molecule has 0 atom stereocenters. The van der Waals surface area contributed by atoms with Crippen molar-refractivity contribution >= 4 is 0 Å². The van der Waals surface area contributed by atoms with Crippen LogP contribution in [0.15, 0.2) is 10.7 Å². The van der Waals surface area contributed by atoms with Crippen LogP contribution in [0.25, 0.3) is 0 Å². The molecule has 108 valence electrons. The first-order valence-corrected chi connectivity index (χ1v) is 7.26. The molecule has 1 fully saturated rings. The monoisotopic (exact) mass is 266 g/mol. The number of hydrogen-bond acceptors (Lipinski definition) is 5. The molecule has 1 aliphatic heterocycles. The summed E-state index contributed by atoms with van der Waals surface area (Å²) in [5, 5.41) is 3.15. The molecule has 0 bridgehead atoms. The minimum atomic E-state index is 0.887. The van der Waals surface area contributed by atoms with Gasteiger partial charge < -0.3 is 19.5 Å². The standard InChI is InChI=1S/C14H26N4O/c1-15-6-3-4-13-12-19-14(16-13)5-7-18-10-8-17(2)9-11-18/h12,15H,3-11H2,1-2H3. The molecule has 0 unspecified atom stereocenters. The lowest BCUT2D eigenvalue weighted by Crippen LogP contribution is -2.45. The van der Waals surface area contributed by atoms with Gasteiger partial charge in [0.15, 0.2) is 5.89 Å². The van der Waals surface area contributed by atoms with Crippen LogP contribution in [-0.4, -0.2) is 68.1 Å². The van der Waals surface area contributed by atoms with Gasteiger partial charge in [-0.25, -0.2) is 4.98 Å². The Balaban J connectivity index is 1.68. The van der Waals surface area contributed by atoms with Crippen molar-refractivity contribution in [2.24, 2.45) is 0 Å². The molecule has 1 aliphatic rings. The number of aromatic nitrogens is 1. The molecule has 1 saturated heterocycles. The number of aryl methyl sites for hydroxylation is 1. The first-order valence-electron chi connectivity index (χ1n) is 7.26. The van der Waals surface area contributed by atoms with Crippen molar-refractivity contribution in [2.75, 3.05) is 53.4 Å². The van der Waals surface area contributed by atoms with Gasteiger partial charge in [0.25, 0.3) is 0 Å². The molecular formula is C14H26N4O. The SMILES string of the molecule is CNCCCc1coc(CCN2CCN(C)CC2)n1. The first kappa shape index (κ1) is 14.5. The molecule has 0 aliphatic carbocycles. The zero-order valence-electron chi connectivity index (χ0n) is 12.2. The van der Waals surface area contributed by atoms with Crippen LogP contribution in [0.4, 0.5) is 0 Å². The fourth-order valence-corrected chi connectivity index (χ4v) is 2.35. The van der Waals surface area contributed by atoms with Crippen molar-refractivity contribution in [3.8, 4) is 0 Å². The van der Waals surface area contributed by atoms with Crippen LogP contribution in [0.3, 0.4) is 0 Å². The van der Waals surface area contributed by atoms with Crippen LogP contribution in [0.2, 0.25) is 0 Å². The summed E-state index contributed by atoms with van der Waals surface area (Å²) < 4.78 is 5.54. The van der Waals surface area contributed by atoms with E-state index in [1.165, 1.54) is 13.1 Å². The third-order valence-corrected chi connectivity index (χ3v) is 3.70. The molecule has 1 aromatic rings. The first-order chi connectivity index (χ1) is 9.28. The van der Waals surface area contributed by atoms with E-state index in [4.69, 9.17) is 4.42 Å². The maximum Gasteiger partial charge on any atom is 0.195 e. The minimum absolute atomic E-state index is 0.887. The van der Waals surface area contributed by atoms with Crippen LogP contribution >= 0.6 is 0 Å². The lowest BCUT2D eigenvalue weighted by molar-refractivity contribution is 0.153. The van der Waals surface area contributed by atoms with Gasteiger partial charge in [0.1, 0.15) is 6.26 Å². The van der Waals surface area contributed by atoms with Crippen LogP contribution in [-0.2, 0) is 12.8 Å². The second-order valence-electron chi connectivity index (χ2n) is 5.33. The van der Waals surface area contributed by atoms with Gasteiger partial charge in [-0.15, -0.1) is 0 Å². The fraction of sp³-hybridized carbons (Fsp3) is 0.786. The van der Waals surface area contributed by atoms with Gasteiger partial charge in [0.05, 0.1) is 5.69 Å². The average molecular weight is 266 g/mol. The van der Waals surface area contributed by atoms with E-state index < -0.39 is 0 Å². The molecule has 1 N–H and O–H groups in total. The van der Waals surface area contributed by atoms with E-state index in [2.05, 4.69) is 27.1 Å². The third-order valence-electron chi connectivity index (χ3n) is 3.70. The molecule has 0 saturated carbocycles. The maximum absolute atomic E-state index is 5.54. The van der Waals surface area contributed by atoms with Crippen molar-refractivity contribution in [2.45, 2.75) is 19.3 Å². The molecule has 0 spiro atoms. The van der Waals surface area contributed by atoms with Crippen molar-refractivity contribution < 1.29 is 4.42 Å². The van der Waals surface area contributed by atoms with Gasteiger partial charge in [-0.3, -0.25) is 0 Å². The summed E-state index contributed by atoms with van der Waals surface area (Å²) in [4.78, 5) is 9.42. The molecule has 0 aromatic carbocycles. The molecule has 2 heterocycles. The molecule has 5 heteroatoms. The summed E-state index contributed by atoms with van der Waals surface area (Å²) >= 11 is 0. The number of likely N-dealkylation sites (N-methyl/N-ethyl adjacent to an activating group) is 1. The van der Waals surface area contributed by atoms with Gasteiger partial charge in [0.2, 0.25) is 0 Å². The van der Waals surface area contributed by atoms with Crippen LogP contribution in [0.5, 0.6) is 0 Å². The Labute approximate surface area is 116 Å². The third kappa shape index (κ3) is 4.93. The largest absolute Gasteiger partial charge is 0.449 e. The summed E-state index contributed by atoms with van der Waals surface area (Å²) in [5.74, 6) is 0.887. The molecule has 2 rings (SSSR count). The van der Waals surface area contributed by atoms with Crippen molar-refractivity contribution in [1.82, 2.24) is 20.1 Å². The zero-order valence-corrected chi connectivity index (χ0v) is 12.2. The summed E-state index contributed by atoms with van der Waals surface area (Å²) in [6, 6.07) is 0. The van der Waals surface area contributed by atoms with Crippen LogP contribution < -0.4 is 5.32 Å². The molecule has 0 radical (unpaired) electrons. The highest BCUT2D eigenvalue weighted by molar-refractivity contribution is 4.97. The van der Waals surface area contributed by atoms with E-state index in [1.807, 2.05) is 13.3 Å². The van der Waals surface area contributed by atoms with E-state index in [0.717, 1.165) is 57.0 Å². The summed E-state index contributed by atoms with van der Waals surface area (Å²) in [6.45, 7) is 6.74. The Bertz CT molecular complexity index is 358. The maximum atomic E-state index is 5.54. The van der Waals surface area contributed by atoms with E-state index >= 15 is 0 Å². The molecular weight excluding hydrogens is 240 g/mol. The normalized spacial score (nSPS) is 18.0. The second-order valence-corrected chi connectivity index (χ2v) is 5.33. The Morgan fingerprint density at radius 2 is 2.05 bits per heavy atom. The number of hydrogen-bond donors (Lipinski definition) is 1. The number of nitrogens with zero attached hydrogens (tertiary/aromatic N) is 3. The molecule has 19 heavy (non-hydrogen) atoms. The lowest BCUT2D eigenvalue weighted by Gasteiger charge is -2.31. The van der Waals surface area contributed by atoms with Crippen LogP contribution in [0.1, 0.15) is 18.0 Å². The number of nitrogens with one attached hydrogen (secondary N) is 1. The van der Waals surface area contributed by atoms with Crippen molar-refractivity contribution in [3.05, 3.63) is 17.8 Å². The lowest BCUT2D eigenvalue weighted by atomic mass is 10.2. The predicted octanol–water partition coefficient (Wildman–Crippen LogP) is 0.617. The van der Waals surface area contributed by atoms with Crippen molar-refractivity contribution in [1.29, 1.82) is 0 Å². The highest BCUT2D eigenvalue weighted by Gasteiger charge is 2.14. The Morgan fingerprint density at radius 3 is 2.79 bits per heavy atom. The van der Waals surface area contributed by atoms with Crippen molar-refractivity contribution in [3.63, 3.8) is 0 Å². The summed E-state index contributed by atoms with van der Waals surface area (Å²) in [5.41, 5.74) is 1.09. The molecule has 5 nitrogen and oxygen atoms in total. The fourth-order valence-electron chi connectivity index (χ4n) is 2.35. The Hall–Kier alpha value is -0.910. The average Bonchev–Trinajstić information content (AvgIpc) is 2.86. The van der Waals surface area contributed by atoms with Gasteiger partial charge >= 0.3 is 0 Å². The van der Waals surface area contributed by atoms with Crippen LogP contribution in [0, 0.1) is 0 Å². The summed E-state index contributed by atoms with van der Waals surface area (Å²) in [7, 11) is 4.16. The topological polar surface area (TPSA) is 44.5 Å². The molecule has 1 aromatic heterocycles. The van der Waals surface area contributed by atoms with E-state index in [1.54, 1.807) is 0 Å². The van der Waals surface area contributed by atoms with E-state index in [9.17, 15) is 0 Å².